The van der Waals surface area contributed by atoms with Crippen molar-refractivity contribution in [1.82, 2.24) is 5.32 Å². The van der Waals surface area contributed by atoms with Gasteiger partial charge in [-0.3, -0.25) is 9.59 Å². The van der Waals surface area contributed by atoms with Crippen molar-refractivity contribution in [3.8, 4) is 0 Å². The molecule has 0 aliphatic carbocycles. The molecule has 1 amide bonds. The second kappa shape index (κ2) is 9.02. The Morgan fingerprint density at radius 3 is 2.40 bits per heavy atom. The number of hydrogen-bond donors (Lipinski definition) is 2. The first kappa shape index (κ1) is 18.7. The SMILES string of the molecule is CC(=O)c1cccc(N[C@@H](C)C(=O)N[C@H](C)CCc2ccccc2)c1. The first-order valence-corrected chi connectivity index (χ1v) is 8.67. The lowest BCUT2D eigenvalue weighted by atomic mass is 10.1. The van der Waals surface area contributed by atoms with E-state index < -0.39 is 0 Å². The largest absolute Gasteiger partial charge is 0.374 e. The molecule has 25 heavy (non-hydrogen) atoms. The average Bonchev–Trinajstić information content (AvgIpc) is 2.61. The van der Waals surface area contributed by atoms with Crippen LogP contribution in [0.1, 0.15) is 43.1 Å². The van der Waals surface area contributed by atoms with Crippen LogP contribution in [0.3, 0.4) is 0 Å². The molecule has 132 valence electrons. The third-order valence-corrected chi connectivity index (χ3v) is 4.14. The lowest BCUT2D eigenvalue weighted by Crippen LogP contribution is -2.42. The first-order chi connectivity index (χ1) is 12.0. The quantitative estimate of drug-likeness (QED) is 0.719. The molecule has 2 atom stereocenters. The van der Waals surface area contributed by atoms with Crippen molar-refractivity contribution in [3.05, 3.63) is 65.7 Å². The highest BCUT2D eigenvalue weighted by molar-refractivity contribution is 5.95. The fourth-order valence-electron chi connectivity index (χ4n) is 2.61. The van der Waals surface area contributed by atoms with Crippen molar-refractivity contribution >= 4 is 17.4 Å². The summed E-state index contributed by atoms with van der Waals surface area (Å²) in [4.78, 5) is 23.8. The van der Waals surface area contributed by atoms with Crippen LogP contribution in [-0.2, 0) is 11.2 Å². The zero-order valence-electron chi connectivity index (χ0n) is 15.1. The van der Waals surface area contributed by atoms with E-state index in [9.17, 15) is 9.59 Å². The number of hydrogen-bond acceptors (Lipinski definition) is 3. The summed E-state index contributed by atoms with van der Waals surface area (Å²) in [6.45, 7) is 5.37. The zero-order valence-corrected chi connectivity index (χ0v) is 15.1. The molecule has 0 aliphatic heterocycles. The number of amides is 1. The van der Waals surface area contributed by atoms with E-state index in [2.05, 4.69) is 22.8 Å². The summed E-state index contributed by atoms with van der Waals surface area (Å²) in [7, 11) is 0. The number of aryl methyl sites for hydroxylation is 1. The van der Waals surface area contributed by atoms with E-state index >= 15 is 0 Å². The lowest BCUT2D eigenvalue weighted by molar-refractivity contribution is -0.122. The Morgan fingerprint density at radius 1 is 1.00 bits per heavy atom. The number of ketones is 1. The maximum atomic E-state index is 12.3. The normalized spacial score (nSPS) is 12.9. The highest BCUT2D eigenvalue weighted by atomic mass is 16.2. The van der Waals surface area contributed by atoms with Crippen LogP contribution < -0.4 is 10.6 Å². The number of benzene rings is 2. The lowest BCUT2D eigenvalue weighted by Gasteiger charge is -2.19. The fraction of sp³-hybridized carbons (Fsp3) is 0.333. The van der Waals surface area contributed by atoms with Crippen molar-refractivity contribution in [1.29, 1.82) is 0 Å². The molecule has 0 aromatic heterocycles. The van der Waals surface area contributed by atoms with E-state index in [0.717, 1.165) is 18.5 Å². The molecule has 4 nitrogen and oxygen atoms in total. The molecule has 0 radical (unpaired) electrons. The Morgan fingerprint density at radius 2 is 1.72 bits per heavy atom. The second-order valence-corrected chi connectivity index (χ2v) is 6.44. The van der Waals surface area contributed by atoms with Crippen LogP contribution in [0.4, 0.5) is 5.69 Å². The van der Waals surface area contributed by atoms with Crippen LogP contribution in [0.15, 0.2) is 54.6 Å². The van der Waals surface area contributed by atoms with Gasteiger partial charge in [0.1, 0.15) is 6.04 Å². The maximum Gasteiger partial charge on any atom is 0.242 e. The molecule has 0 fully saturated rings. The Labute approximate surface area is 149 Å². The van der Waals surface area contributed by atoms with E-state index in [-0.39, 0.29) is 23.8 Å². The molecule has 2 rings (SSSR count). The molecule has 0 spiro atoms. The topological polar surface area (TPSA) is 58.2 Å². The van der Waals surface area contributed by atoms with Gasteiger partial charge in [-0.1, -0.05) is 42.5 Å². The number of carbonyl (C=O) groups excluding carboxylic acids is 2. The van der Waals surface area contributed by atoms with E-state index in [4.69, 9.17) is 0 Å². The molecule has 2 N–H and O–H groups in total. The molecular formula is C21H26N2O2. The van der Waals surface area contributed by atoms with Gasteiger partial charge >= 0.3 is 0 Å². The van der Waals surface area contributed by atoms with Gasteiger partial charge in [-0.05, 0) is 51.3 Å². The number of Topliss-reactive ketones (excluding diaryl/α,β-unsaturated/α-hetero) is 1. The predicted octanol–water partition coefficient (Wildman–Crippen LogP) is 3.83. The van der Waals surface area contributed by atoms with Gasteiger partial charge in [0.2, 0.25) is 5.91 Å². The Bertz CT molecular complexity index is 713. The second-order valence-electron chi connectivity index (χ2n) is 6.44. The summed E-state index contributed by atoms with van der Waals surface area (Å²) in [6.07, 6.45) is 1.83. The average molecular weight is 338 g/mol. The highest BCUT2D eigenvalue weighted by Gasteiger charge is 2.15. The molecule has 0 aliphatic rings. The molecule has 0 saturated heterocycles. The van der Waals surface area contributed by atoms with Crippen LogP contribution in [0.25, 0.3) is 0 Å². The summed E-state index contributed by atoms with van der Waals surface area (Å²) in [5, 5.41) is 6.19. The van der Waals surface area contributed by atoms with Crippen molar-refractivity contribution < 1.29 is 9.59 Å². The van der Waals surface area contributed by atoms with Gasteiger partial charge in [0.25, 0.3) is 0 Å². The minimum Gasteiger partial charge on any atom is -0.374 e. The van der Waals surface area contributed by atoms with E-state index in [1.807, 2.05) is 44.2 Å². The van der Waals surface area contributed by atoms with Gasteiger partial charge in [-0.2, -0.15) is 0 Å². The Hall–Kier alpha value is -2.62. The smallest absolute Gasteiger partial charge is 0.242 e. The van der Waals surface area contributed by atoms with Crippen LogP contribution in [0, 0.1) is 0 Å². The molecule has 0 bridgehead atoms. The van der Waals surface area contributed by atoms with Gasteiger partial charge in [0, 0.05) is 17.3 Å². The molecular weight excluding hydrogens is 312 g/mol. The maximum absolute atomic E-state index is 12.3. The summed E-state index contributed by atoms with van der Waals surface area (Å²) in [5.74, 6) is -0.0379. The summed E-state index contributed by atoms with van der Waals surface area (Å²) in [6, 6.07) is 17.2. The van der Waals surface area contributed by atoms with Gasteiger partial charge in [-0.15, -0.1) is 0 Å². The first-order valence-electron chi connectivity index (χ1n) is 8.67. The molecule has 4 heteroatoms. The van der Waals surface area contributed by atoms with E-state index in [0.29, 0.717) is 5.56 Å². The third kappa shape index (κ3) is 6.07. The van der Waals surface area contributed by atoms with Crippen molar-refractivity contribution in [2.45, 2.75) is 45.7 Å². The minimum absolute atomic E-state index is 0.00953. The van der Waals surface area contributed by atoms with Gasteiger partial charge in [-0.25, -0.2) is 0 Å². The fourth-order valence-corrected chi connectivity index (χ4v) is 2.61. The number of carbonyl (C=O) groups is 2. The van der Waals surface area contributed by atoms with Gasteiger partial charge in [0.15, 0.2) is 5.78 Å². The number of nitrogens with one attached hydrogen (secondary N) is 2. The molecule has 2 aromatic rings. The van der Waals surface area contributed by atoms with Crippen LogP contribution in [0.5, 0.6) is 0 Å². The van der Waals surface area contributed by atoms with E-state index in [1.54, 1.807) is 12.1 Å². The van der Waals surface area contributed by atoms with E-state index in [1.165, 1.54) is 12.5 Å². The summed E-state index contributed by atoms with van der Waals surface area (Å²) < 4.78 is 0. The summed E-state index contributed by atoms with van der Waals surface area (Å²) >= 11 is 0. The van der Waals surface area contributed by atoms with Crippen LogP contribution in [0.2, 0.25) is 0 Å². The molecule has 0 heterocycles. The molecule has 0 unspecified atom stereocenters. The predicted molar refractivity (Wildman–Crippen MR) is 102 cm³/mol. The van der Waals surface area contributed by atoms with Gasteiger partial charge < -0.3 is 10.6 Å². The standard InChI is InChI=1S/C21H26N2O2/c1-15(12-13-18-8-5-4-6-9-18)22-21(25)16(2)23-20-11-7-10-19(14-20)17(3)24/h4-11,14-16,23H,12-13H2,1-3H3,(H,22,25)/t15-,16+/m1/s1. The van der Waals surface area contributed by atoms with Crippen molar-refractivity contribution in [3.63, 3.8) is 0 Å². The molecule has 0 saturated carbocycles. The Balaban J connectivity index is 1.83. The summed E-state index contributed by atoms with van der Waals surface area (Å²) in [5.41, 5.74) is 2.68. The number of anilines is 1. The number of rotatable bonds is 8. The molecule has 2 aromatic carbocycles. The van der Waals surface area contributed by atoms with Gasteiger partial charge in [0.05, 0.1) is 0 Å². The highest BCUT2D eigenvalue weighted by Crippen LogP contribution is 2.12. The van der Waals surface area contributed by atoms with Crippen molar-refractivity contribution in [2.24, 2.45) is 0 Å². The monoisotopic (exact) mass is 338 g/mol. The minimum atomic E-state index is -0.374. The Kier molecular flexibility index (Phi) is 6.75. The third-order valence-electron chi connectivity index (χ3n) is 4.14. The van der Waals surface area contributed by atoms with Crippen LogP contribution >= 0.6 is 0 Å². The van der Waals surface area contributed by atoms with Crippen molar-refractivity contribution in [2.75, 3.05) is 5.32 Å². The zero-order chi connectivity index (χ0) is 18.2. The van der Waals surface area contributed by atoms with Crippen LogP contribution in [-0.4, -0.2) is 23.8 Å².